The molecule has 3 N–H and O–H groups in total. The second kappa shape index (κ2) is 5.71. The molecule has 0 aliphatic rings. The van der Waals surface area contributed by atoms with Gasteiger partial charge in [-0.2, -0.15) is 0 Å². The number of rotatable bonds is 4. The normalized spacial score (nSPS) is 11.7. The molecule has 4 nitrogen and oxygen atoms in total. The molecule has 0 heterocycles. The van der Waals surface area contributed by atoms with Crippen molar-refractivity contribution in [2.45, 2.75) is 12.5 Å². The third kappa shape index (κ3) is 4.37. The van der Waals surface area contributed by atoms with E-state index in [0.717, 1.165) is 0 Å². The Morgan fingerprint density at radius 2 is 2.36 bits per heavy atom. The van der Waals surface area contributed by atoms with E-state index in [9.17, 15) is 4.79 Å². The summed E-state index contributed by atoms with van der Waals surface area (Å²) < 4.78 is 0. The summed E-state index contributed by atoms with van der Waals surface area (Å²) in [5.74, 6) is 1.65. The van der Waals surface area contributed by atoms with Crippen LogP contribution in [0.1, 0.15) is 6.42 Å². The zero-order chi connectivity index (χ0) is 8.69. The lowest BCUT2D eigenvalue weighted by atomic mass is 10.2. The number of terminal acetylenes is 1. The minimum absolute atomic E-state index is 0.0381. The fraction of sp³-hybridized carbons (Fsp3) is 0.571. The lowest BCUT2D eigenvalue weighted by Gasteiger charge is -2.06. The minimum Gasteiger partial charge on any atom is -0.396 e. The standard InChI is InChI=1S/C7H11NO3/c1-2-4-8-7(11)6(10)3-5-9/h1,6,9-10H,3-5H2,(H,8,11)/t6-/m1/s1. The molecule has 1 atom stereocenters. The van der Waals surface area contributed by atoms with Gasteiger partial charge in [0.15, 0.2) is 0 Å². The maximum Gasteiger partial charge on any atom is 0.249 e. The van der Waals surface area contributed by atoms with Crippen LogP contribution in [0, 0.1) is 12.3 Å². The van der Waals surface area contributed by atoms with Gasteiger partial charge in [-0.3, -0.25) is 4.79 Å². The van der Waals surface area contributed by atoms with E-state index in [1.165, 1.54) is 0 Å². The maximum absolute atomic E-state index is 10.7. The van der Waals surface area contributed by atoms with Gasteiger partial charge in [-0.15, -0.1) is 6.42 Å². The Balaban J connectivity index is 3.57. The Bertz CT molecular complexity index is 162. The van der Waals surface area contributed by atoms with Crippen molar-refractivity contribution in [3.8, 4) is 12.3 Å². The van der Waals surface area contributed by atoms with Crippen LogP contribution in [0.4, 0.5) is 0 Å². The van der Waals surface area contributed by atoms with Crippen molar-refractivity contribution < 1.29 is 15.0 Å². The number of aliphatic hydroxyl groups excluding tert-OH is 2. The number of nitrogens with one attached hydrogen (secondary N) is 1. The SMILES string of the molecule is C#CCNC(=O)[C@H](O)CCO. The fourth-order valence-electron chi connectivity index (χ4n) is 0.509. The third-order valence-corrected chi connectivity index (χ3v) is 1.07. The average molecular weight is 157 g/mol. The Morgan fingerprint density at radius 3 is 2.82 bits per heavy atom. The van der Waals surface area contributed by atoms with E-state index < -0.39 is 12.0 Å². The minimum atomic E-state index is -1.16. The summed E-state index contributed by atoms with van der Waals surface area (Å²) in [6.07, 6.45) is 3.73. The van der Waals surface area contributed by atoms with Crippen LogP contribution in [0.5, 0.6) is 0 Å². The van der Waals surface area contributed by atoms with Gasteiger partial charge in [0.2, 0.25) is 5.91 Å². The van der Waals surface area contributed by atoms with Crippen molar-refractivity contribution in [3.63, 3.8) is 0 Å². The van der Waals surface area contributed by atoms with Gasteiger partial charge in [0, 0.05) is 13.0 Å². The van der Waals surface area contributed by atoms with Crippen LogP contribution in [0.25, 0.3) is 0 Å². The van der Waals surface area contributed by atoms with Crippen molar-refractivity contribution in [1.82, 2.24) is 5.32 Å². The Labute approximate surface area is 65.2 Å². The highest BCUT2D eigenvalue weighted by Gasteiger charge is 2.12. The zero-order valence-electron chi connectivity index (χ0n) is 6.08. The topological polar surface area (TPSA) is 69.6 Å². The Hall–Kier alpha value is -1.05. The van der Waals surface area contributed by atoms with Crippen LogP contribution in [0.2, 0.25) is 0 Å². The van der Waals surface area contributed by atoms with Gasteiger partial charge in [-0.05, 0) is 0 Å². The lowest BCUT2D eigenvalue weighted by Crippen LogP contribution is -2.35. The maximum atomic E-state index is 10.7. The molecule has 0 aliphatic carbocycles. The first-order valence-electron chi connectivity index (χ1n) is 3.22. The summed E-state index contributed by atoms with van der Waals surface area (Å²) in [6.45, 7) is -0.119. The second-order valence-corrected chi connectivity index (χ2v) is 1.95. The van der Waals surface area contributed by atoms with E-state index in [-0.39, 0.29) is 19.6 Å². The van der Waals surface area contributed by atoms with E-state index >= 15 is 0 Å². The Kier molecular flexibility index (Phi) is 5.17. The molecular formula is C7H11NO3. The van der Waals surface area contributed by atoms with Crippen molar-refractivity contribution in [2.75, 3.05) is 13.2 Å². The molecule has 0 saturated carbocycles. The molecular weight excluding hydrogens is 146 g/mol. The van der Waals surface area contributed by atoms with E-state index in [0.29, 0.717) is 0 Å². The first kappa shape index (κ1) is 9.95. The zero-order valence-corrected chi connectivity index (χ0v) is 6.08. The molecule has 11 heavy (non-hydrogen) atoms. The highest BCUT2D eigenvalue weighted by molar-refractivity contribution is 5.80. The first-order valence-corrected chi connectivity index (χ1v) is 3.22. The molecule has 0 spiro atoms. The summed E-state index contributed by atoms with van der Waals surface area (Å²) in [5, 5.41) is 19.5. The third-order valence-electron chi connectivity index (χ3n) is 1.07. The molecule has 0 radical (unpaired) electrons. The molecule has 4 heteroatoms. The summed E-state index contributed by atoms with van der Waals surface area (Å²) in [7, 11) is 0. The molecule has 0 saturated heterocycles. The lowest BCUT2D eigenvalue weighted by molar-refractivity contribution is -0.129. The number of amides is 1. The van der Waals surface area contributed by atoms with Gasteiger partial charge in [0.25, 0.3) is 0 Å². The van der Waals surface area contributed by atoms with Gasteiger partial charge in [0.05, 0.1) is 6.54 Å². The van der Waals surface area contributed by atoms with Crippen molar-refractivity contribution >= 4 is 5.91 Å². The average Bonchev–Trinajstić information content (AvgIpc) is 2.00. The molecule has 0 unspecified atom stereocenters. The van der Waals surface area contributed by atoms with Crippen LogP contribution in [0.3, 0.4) is 0 Å². The molecule has 0 fully saturated rings. The smallest absolute Gasteiger partial charge is 0.249 e. The van der Waals surface area contributed by atoms with Crippen LogP contribution >= 0.6 is 0 Å². The largest absolute Gasteiger partial charge is 0.396 e. The van der Waals surface area contributed by atoms with E-state index in [2.05, 4.69) is 11.2 Å². The number of hydrogen-bond acceptors (Lipinski definition) is 3. The molecule has 0 aromatic rings. The number of aliphatic hydroxyl groups is 2. The quantitative estimate of drug-likeness (QED) is 0.434. The molecule has 0 bridgehead atoms. The molecule has 0 aliphatic heterocycles. The van der Waals surface area contributed by atoms with E-state index in [1.54, 1.807) is 0 Å². The molecule has 0 rings (SSSR count). The molecule has 0 aromatic heterocycles. The Morgan fingerprint density at radius 1 is 1.73 bits per heavy atom. The highest BCUT2D eigenvalue weighted by Crippen LogP contribution is 1.88. The fourth-order valence-corrected chi connectivity index (χ4v) is 0.509. The molecule has 0 aromatic carbocycles. The van der Waals surface area contributed by atoms with Gasteiger partial charge < -0.3 is 15.5 Å². The van der Waals surface area contributed by atoms with E-state index in [4.69, 9.17) is 16.6 Å². The van der Waals surface area contributed by atoms with Gasteiger partial charge in [-0.1, -0.05) is 5.92 Å². The number of carbonyl (C=O) groups is 1. The summed E-state index contributed by atoms with van der Waals surface area (Å²) >= 11 is 0. The highest BCUT2D eigenvalue weighted by atomic mass is 16.3. The van der Waals surface area contributed by atoms with Crippen LogP contribution in [-0.2, 0) is 4.79 Å². The monoisotopic (exact) mass is 157 g/mol. The predicted octanol–water partition coefficient (Wildman–Crippen LogP) is -1.52. The van der Waals surface area contributed by atoms with Gasteiger partial charge >= 0.3 is 0 Å². The first-order chi connectivity index (χ1) is 5.22. The van der Waals surface area contributed by atoms with Crippen LogP contribution in [0.15, 0.2) is 0 Å². The van der Waals surface area contributed by atoms with Gasteiger partial charge in [-0.25, -0.2) is 0 Å². The summed E-state index contributed by atoms with van der Waals surface area (Å²) in [6, 6.07) is 0. The van der Waals surface area contributed by atoms with Crippen molar-refractivity contribution in [1.29, 1.82) is 0 Å². The molecule has 62 valence electrons. The second-order valence-electron chi connectivity index (χ2n) is 1.95. The number of hydrogen-bond donors (Lipinski definition) is 3. The summed E-state index contributed by atoms with van der Waals surface area (Å²) in [4.78, 5) is 10.7. The van der Waals surface area contributed by atoms with E-state index in [1.807, 2.05) is 0 Å². The number of carbonyl (C=O) groups excluding carboxylic acids is 1. The van der Waals surface area contributed by atoms with Crippen LogP contribution in [-0.4, -0.2) is 35.4 Å². The molecule has 1 amide bonds. The van der Waals surface area contributed by atoms with Crippen molar-refractivity contribution in [2.24, 2.45) is 0 Å². The predicted molar refractivity (Wildman–Crippen MR) is 39.6 cm³/mol. The van der Waals surface area contributed by atoms with Crippen molar-refractivity contribution in [3.05, 3.63) is 0 Å². The van der Waals surface area contributed by atoms with Gasteiger partial charge in [0.1, 0.15) is 6.10 Å². The van der Waals surface area contributed by atoms with Crippen LogP contribution < -0.4 is 5.32 Å². The summed E-state index contributed by atoms with van der Waals surface area (Å²) in [5.41, 5.74) is 0.